The number of carbonyl (C=O) groups is 2. The lowest BCUT2D eigenvalue weighted by Crippen LogP contribution is -2.28. The van der Waals surface area contributed by atoms with Crippen LogP contribution in [0.2, 0.25) is 0 Å². The number of ketones is 1. The van der Waals surface area contributed by atoms with E-state index in [-0.39, 0.29) is 18.2 Å². The Morgan fingerprint density at radius 2 is 1.47 bits per heavy atom. The fourth-order valence-electron chi connectivity index (χ4n) is 3.44. The highest BCUT2D eigenvalue weighted by molar-refractivity contribution is 6.09. The molecule has 0 amide bonds. The normalized spacial score (nSPS) is 12.4. The molecular weight excluding hydrogens is 447 g/mol. The standard InChI is InChI=1S/C26H24F3NO4/c1-30(17-24(31)32)16-15-23(18-5-3-2-4-6-18)34-22-13-9-20(10-14-22)25(33)19-7-11-21(12-8-19)26(27,28)29/h2-14,23H,15-17H2,1H3,(H,31,32). The maximum atomic E-state index is 12.7. The van der Waals surface area contributed by atoms with Crippen LogP contribution in [0.4, 0.5) is 13.2 Å². The van der Waals surface area contributed by atoms with Gasteiger partial charge in [-0.05, 0) is 49.0 Å². The Morgan fingerprint density at radius 1 is 0.912 bits per heavy atom. The maximum absolute atomic E-state index is 12.7. The number of carboxylic acid groups (broad SMARTS) is 1. The van der Waals surface area contributed by atoms with Crippen LogP contribution in [0.5, 0.6) is 5.75 Å². The van der Waals surface area contributed by atoms with Gasteiger partial charge >= 0.3 is 12.1 Å². The number of likely N-dealkylation sites (N-methyl/N-ethyl adjacent to an activating group) is 1. The zero-order chi connectivity index (χ0) is 24.7. The van der Waals surface area contributed by atoms with Crippen LogP contribution in [0, 0.1) is 0 Å². The number of rotatable bonds is 10. The molecule has 0 aromatic heterocycles. The first-order valence-corrected chi connectivity index (χ1v) is 10.6. The van der Waals surface area contributed by atoms with Crippen molar-refractivity contribution in [2.24, 2.45) is 0 Å². The van der Waals surface area contributed by atoms with E-state index in [2.05, 4.69) is 0 Å². The molecule has 1 atom stereocenters. The van der Waals surface area contributed by atoms with Gasteiger partial charge in [0.05, 0.1) is 12.1 Å². The smallest absolute Gasteiger partial charge is 0.416 e. The third kappa shape index (κ3) is 6.92. The summed E-state index contributed by atoms with van der Waals surface area (Å²) < 4.78 is 44.4. The molecule has 3 rings (SSSR count). The van der Waals surface area contributed by atoms with Crippen molar-refractivity contribution < 1.29 is 32.6 Å². The molecule has 0 saturated carbocycles. The van der Waals surface area contributed by atoms with Crippen molar-refractivity contribution in [1.29, 1.82) is 0 Å². The number of hydrogen-bond acceptors (Lipinski definition) is 4. The molecular formula is C26H24F3NO4. The number of carbonyl (C=O) groups excluding carboxylic acids is 1. The molecule has 0 aliphatic carbocycles. The van der Waals surface area contributed by atoms with E-state index >= 15 is 0 Å². The number of alkyl halides is 3. The molecule has 34 heavy (non-hydrogen) atoms. The van der Waals surface area contributed by atoms with Crippen molar-refractivity contribution in [3.63, 3.8) is 0 Å². The summed E-state index contributed by atoms with van der Waals surface area (Å²) in [5.41, 5.74) is 0.597. The lowest BCUT2D eigenvalue weighted by molar-refractivity contribution is -0.138. The van der Waals surface area contributed by atoms with E-state index in [9.17, 15) is 22.8 Å². The Hall–Kier alpha value is -3.65. The molecule has 0 aliphatic heterocycles. The van der Waals surface area contributed by atoms with E-state index in [0.29, 0.717) is 24.3 Å². The van der Waals surface area contributed by atoms with E-state index in [0.717, 1.165) is 29.8 Å². The summed E-state index contributed by atoms with van der Waals surface area (Å²) in [4.78, 5) is 25.3. The highest BCUT2D eigenvalue weighted by Crippen LogP contribution is 2.30. The summed E-state index contributed by atoms with van der Waals surface area (Å²) >= 11 is 0. The van der Waals surface area contributed by atoms with Crippen molar-refractivity contribution >= 4 is 11.8 Å². The molecule has 178 valence electrons. The third-order valence-electron chi connectivity index (χ3n) is 5.22. The molecule has 0 aliphatic rings. The molecule has 0 radical (unpaired) electrons. The van der Waals surface area contributed by atoms with Gasteiger partial charge in [0, 0.05) is 24.1 Å². The summed E-state index contributed by atoms with van der Waals surface area (Å²) in [6.45, 7) is 0.415. The summed E-state index contributed by atoms with van der Waals surface area (Å²) in [6.07, 6.45) is -4.26. The summed E-state index contributed by atoms with van der Waals surface area (Å²) in [6, 6.07) is 20.0. The van der Waals surface area contributed by atoms with Gasteiger partial charge in [0.25, 0.3) is 0 Å². The van der Waals surface area contributed by atoms with Crippen LogP contribution >= 0.6 is 0 Å². The second-order valence-corrected chi connectivity index (χ2v) is 7.87. The van der Waals surface area contributed by atoms with Gasteiger partial charge in [-0.15, -0.1) is 0 Å². The monoisotopic (exact) mass is 471 g/mol. The average Bonchev–Trinajstić information content (AvgIpc) is 2.81. The third-order valence-corrected chi connectivity index (χ3v) is 5.22. The van der Waals surface area contributed by atoms with Gasteiger partial charge in [-0.3, -0.25) is 14.5 Å². The summed E-state index contributed by atoms with van der Waals surface area (Å²) in [5.74, 6) is -0.790. The fourth-order valence-corrected chi connectivity index (χ4v) is 3.44. The van der Waals surface area contributed by atoms with Crippen LogP contribution in [0.1, 0.15) is 39.6 Å². The van der Waals surface area contributed by atoms with Crippen molar-refractivity contribution in [1.82, 2.24) is 4.90 Å². The van der Waals surface area contributed by atoms with Gasteiger partial charge in [-0.25, -0.2) is 0 Å². The average molecular weight is 471 g/mol. The predicted molar refractivity (Wildman–Crippen MR) is 121 cm³/mol. The van der Waals surface area contributed by atoms with Crippen molar-refractivity contribution in [2.45, 2.75) is 18.7 Å². The van der Waals surface area contributed by atoms with E-state index in [1.807, 2.05) is 30.3 Å². The van der Waals surface area contributed by atoms with Crippen molar-refractivity contribution in [2.75, 3.05) is 20.1 Å². The predicted octanol–water partition coefficient (Wildman–Crippen LogP) is 5.46. The molecule has 0 saturated heterocycles. The van der Waals surface area contributed by atoms with Crippen LogP contribution in [0.3, 0.4) is 0 Å². The molecule has 3 aromatic rings. The SMILES string of the molecule is CN(CCC(Oc1ccc(C(=O)c2ccc(C(F)(F)F)cc2)cc1)c1ccccc1)CC(=O)O. The van der Waals surface area contributed by atoms with E-state index in [1.54, 1.807) is 36.2 Å². The molecule has 0 spiro atoms. The Morgan fingerprint density at radius 3 is 2.00 bits per heavy atom. The van der Waals surface area contributed by atoms with Gasteiger partial charge in [0.2, 0.25) is 0 Å². The fraction of sp³-hybridized carbons (Fsp3) is 0.231. The minimum atomic E-state index is -4.46. The highest BCUT2D eigenvalue weighted by Gasteiger charge is 2.30. The largest absolute Gasteiger partial charge is 0.486 e. The van der Waals surface area contributed by atoms with Crippen LogP contribution < -0.4 is 4.74 Å². The Labute approximate surface area is 195 Å². The number of halogens is 3. The Kier molecular flexibility index (Phi) is 8.07. The number of hydrogen-bond donors (Lipinski definition) is 1. The lowest BCUT2D eigenvalue weighted by Gasteiger charge is -2.22. The quantitative estimate of drug-likeness (QED) is 0.398. The van der Waals surface area contributed by atoms with Gasteiger partial charge in [-0.1, -0.05) is 42.5 Å². The summed E-state index contributed by atoms with van der Waals surface area (Å²) in [5, 5.41) is 8.95. The van der Waals surface area contributed by atoms with Gasteiger partial charge in [0.15, 0.2) is 5.78 Å². The highest BCUT2D eigenvalue weighted by atomic mass is 19.4. The molecule has 8 heteroatoms. The first-order valence-electron chi connectivity index (χ1n) is 10.6. The molecule has 5 nitrogen and oxygen atoms in total. The van der Waals surface area contributed by atoms with Gasteiger partial charge in [0.1, 0.15) is 11.9 Å². The molecule has 1 N–H and O–H groups in total. The number of carboxylic acids is 1. The lowest BCUT2D eigenvalue weighted by atomic mass is 10.0. The molecule has 1 unspecified atom stereocenters. The van der Waals surface area contributed by atoms with Crippen LogP contribution in [-0.2, 0) is 11.0 Å². The van der Waals surface area contributed by atoms with E-state index in [4.69, 9.17) is 9.84 Å². The maximum Gasteiger partial charge on any atom is 0.416 e. The molecule has 0 heterocycles. The van der Waals surface area contributed by atoms with Crippen LogP contribution in [-0.4, -0.2) is 41.9 Å². The number of ether oxygens (including phenoxy) is 1. The zero-order valence-electron chi connectivity index (χ0n) is 18.5. The molecule has 0 bridgehead atoms. The van der Waals surface area contributed by atoms with Gasteiger partial charge < -0.3 is 9.84 Å². The summed E-state index contributed by atoms with van der Waals surface area (Å²) in [7, 11) is 1.72. The first kappa shape index (κ1) is 25.0. The minimum absolute atomic E-state index is 0.0811. The minimum Gasteiger partial charge on any atom is -0.486 e. The topological polar surface area (TPSA) is 66.8 Å². The zero-order valence-corrected chi connectivity index (χ0v) is 18.5. The number of benzene rings is 3. The van der Waals surface area contributed by atoms with E-state index in [1.165, 1.54) is 0 Å². The van der Waals surface area contributed by atoms with Crippen molar-refractivity contribution in [3.8, 4) is 5.75 Å². The van der Waals surface area contributed by atoms with Crippen molar-refractivity contribution in [3.05, 3.63) is 101 Å². The first-order chi connectivity index (χ1) is 16.1. The Balaban J connectivity index is 1.71. The Bertz CT molecular complexity index is 1100. The molecule has 0 fully saturated rings. The van der Waals surface area contributed by atoms with Crippen LogP contribution in [0.15, 0.2) is 78.9 Å². The second-order valence-electron chi connectivity index (χ2n) is 7.87. The van der Waals surface area contributed by atoms with Crippen LogP contribution in [0.25, 0.3) is 0 Å². The number of aliphatic carboxylic acids is 1. The van der Waals surface area contributed by atoms with Gasteiger partial charge in [-0.2, -0.15) is 13.2 Å². The second kappa shape index (κ2) is 11.0. The molecule has 3 aromatic carbocycles. The van der Waals surface area contributed by atoms with E-state index < -0.39 is 23.5 Å². The number of nitrogens with zero attached hydrogens (tertiary/aromatic N) is 1.